The summed E-state index contributed by atoms with van der Waals surface area (Å²) in [5, 5.41) is 8.90. The molecule has 0 rings (SSSR count). The second-order valence-corrected chi connectivity index (χ2v) is 6.03. The van der Waals surface area contributed by atoms with E-state index in [0.717, 1.165) is 0 Å². The third-order valence-corrected chi connectivity index (χ3v) is 3.38. The second kappa shape index (κ2) is 7.62. The van der Waals surface area contributed by atoms with Crippen molar-refractivity contribution in [2.45, 2.75) is 33.2 Å². The quantitative estimate of drug-likeness (QED) is 0.591. The molecule has 0 fully saturated rings. The van der Waals surface area contributed by atoms with Crippen LogP contribution in [0.3, 0.4) is 0 Å². The van der Waals surface area contributed by atoms with Gasteiger partial charge in [0.25, 0.3) is 0 Å². The molecular formula is C10H21NO5S. The van der Waals surface area contributed by atoms with Gasteiger partial charge in [-0.25, -0.2) is 13.1 Å². The standard InChI is InChI=1S/C10H21NO5S/c1-4-16-5-6-17(14,15)11-9(10(12)13)7-8(2)3/h8-9,11H,4-7H2,1-3H3,(H,12,13)/t9-/m1/s1. The highest BCUT2D eigenvalue weighted by Gasteiger charge is 2.24. The molecule has 1 atom stereocenters. The van der Waals surface area contributed by atoms with Gasteiger partial charge in [-0.05, 0) is 19.3 Å². The summed E-state index contributed by atoms with van der Waals surface area (Å²) in [6, 6.07) is -1.07. The first-order chi connectivity index (χ1) is 7.78. The van der Waals surface area contributed by atoms with E-state index in [0.29, 0.717) is 6.61 Å². The first-order valence-corrected chi connectivity index (χ1v) is 7.24. The van der Waals surface area contributed by atoms with Crippen molar-refractivity contribution in [2.24, 2.45) is 5.92 Å². The van der Waals surface area contributed by atoms with Gasteiger partial charge in [-0.2, -0.15) is 0 Å². The molecular weight excluding hydrogens is 246 g/mol. The summed E-state index contributed by atoms with van der Waals surface area (Å²) in [6.07, 6.45) is 0.267. The molecule has 0 aliphatic rings. The Labute approximate surface area is 102 Å². The molecule has 0 aromatic rings. The zero-order valence-electron chi connectivity index (χ0n) is 10.5. The lowest BCUT2D eigenvalue weighted by Crippen LogP contribution is -2.43. The van der Waals surface area contributed by atoms with Gasteiger partial charge in [-0.3, -0.25) is 4.79 Å². The summed E-state index contributed by atoms with van der Waals surface area (Å²) in [5.74, 6) is -1.27. The molecule has 0 bridgehead atoms. The van der Waals surface area contributed by atoms with Gasteiger partial charge >= 0.3 is 5.97 Å². The Morgan fingerprint density at radius 3 is 2.41 bits per heavy atom. The number of hydrogen-bond acceptors (Lipinski definition) is 4. The lowest BCUT2D eigenvalue weighted by molar-refractivity contribution is -0.139. The maximum Gasteiger partial charge on any atom is 0.321 e. The lowest BCUT2D eigenvalue weighted by atomic mass is 10.1. The van der Waals surface area contributed by atoms with Crippen LogP contribution >= 0.6 is 0 Å². The van der Waals surface area contributed by atoms with Gasteiger partial charge in [0, 0.05) is 6.61 Å². The number of carbonyl (C=O) groups is 1. The predicted molar refractivity (Wildman–Crippen MR) is 64.3 cm³/mol. The van der Waals surface area contributed by atoms with Crippen molar-refractivity contribution in [2.75, 3.05) is 19.0 Å². The van der Waals surface area contributed by atoms with Gasteiger partial charge in [0.15, 0.2) is 0 Å². The van der Waals surface area contributed by atoms with E-state index in [2.05, 4.69) is 4.72 Å². The summed E-state index contributed by atoms with van der Waals surface area (Å²) in [4.78, 5) is 10.9. The van der Waals surface area contributed by atoms with Crippen LogP contribution in [-0.4, -0.2) is 44.5 Å². The highest BCUT2D eigenvalue weighted by molar-refractivity contribution is 7.89. The minimum Gasteiger partial charge on any atom is -0.480 e. The van der Waals surface area contributed by atoms with Crippen LogP contribution in [-0.2, 0) is 19.6 Å². The Morgan fingerprint density at radius 2 is 2.00 bits per heavy atom. The molecule has 0 heterocycles. The molecule has 102 valence electrons. The van der Waals surface area contributed by atoms with Crippen LogP contribution in [0.5, 0.6) is 0 Å². The minimum atomic E-state index is -3.60. The minimum absolute atomic E-state index is 0.0693. The third kappa shape index (κ3) is 8.12. The number of ether oxygens (including phenoxy) is 1. The van der Waals surface area contributed by atoms with E-state index < -0.39 is 22.0 Å². The molecule has 2 N–H and O–H groups in total. The molecule has 0 amide bonds. The van der Waals surface area contributed by atoms with Crippen molar-refractivity contribution in [1.29, 1.82) is 0 Å². The second-order valence-electron chi connectivity index (χ2n) is 4.15. The number of rotatable bonds is 9. The fraction of sp³-hybridized carbons (Fsp3) is 0.900. The Hall–Kier alpha value is -0.660. The molecule has 0 aromatic carbocycles. The number of sulfonamides is 1. The van der Waals surface area contributed by atoms with Gasteiger partial charge < -0.3 is 9.84 Å². The van der Waals surface area contributed by atoms with Gasteiger partial charge in [0.2, 0.25) is 10.0 Å². The fourth-order valence-corrected chi connectivity index (χ4v) is 2.35. The van der Waals surface area contributed by atoms with Crippen LogP contribution in [0.25, 0.3) is 0 Å². The number of carboxylic acid groups (broad SMARTS) is 1. The zero-order chi connectivity index (χ0) is 13.5. The average molecular weight is 267 g/mol. The summed E-state index contributed by atoms with van der Waals surface area (Å²) in [5.41, 5.74) is 0. The number of carboxylic acids is 1. The van der Waals surface area contributed by atoms with Gasteiger partial charge in [-0.15, -0.1) is 0 Å². The molecule has 0 aliphatic carbocycles. The highest BCUT2D eigenvalue weighted by atomic mass is 32.2. The van der Waals surface area contributed by atoms with Crippen LogP contribution in [0.2, 0.25) is 0 Å². The van der Waals surface area contributed by atoms with Crippen molar-refractivity contribution >= 4 is 16.0 Å². The van der Waals surface area contributed by atoms with Crippen molar-refractivity contribution in [1.82, 2.24) is 4.72 Å². The van der Waals surface area contributed by atoms with Crippen molar-refractivity contribution < 1.29 is 23.1 Å². The topological polar surface area (TPSA) is 92.7 Å². The van der Waals surface area contributed by atoms with Crippen LogP contribution in [0.1, 0.15) is 27.2 Å². The van der Waals surface area contributed by atoms with E-state index in [1.807, 2.05) is 13.8 Å². The van der Waals surface area contributed by atoms with E-state index in [1.54, 1.807) is 6.92 Å². The van der Waals surface area contributed by atoms with Crippen LogP contribution in [0.15, 0.2) is 0 Å². The first kappa shape index (κ1) is 16.3. The average Bonchev–Trinajstić information content (AvgIpc) is 2.15. The van der Waals surface area contributed by atoms with Crippen molar-refractivity contribution in [3.05, 3.63) is 0 Å². The van der Waals surface area contributed by atoms with E-state index in [1.165, 1.54) is 0 Å². The van der Waals surface area contributed by atoms with E-state index in [4.69, 9.17) is 9.84 Å². The fourth-order valence-electron chi connectivity index (χ4n) is 1.26. The third-order valence-electron chi connectivity index (χ3n) is 2.03. The number of hydrogen-bond donors (Lipinski definition) is 2. The first-order valence-electron chi connectivity index (χ1n) is 5.59. The molecule has 0 saturated heterocycles. The zero-order valence-corrected chi connectivity index (χ0v) is 11.3. The van der Waals surface area contributed by atoms with Crippen molar-refractivity contribution in [3.8, 4) is 0 Å². The molecule has 7 heteroatoms. The van der Waals surface area contributed by atoms with E-state index in [-0.39, 0.29) is 24.7 Å². The van der Waals surface area contributed by atoms with Gasteiger partial charge in [0.1, 0.15) is 6.04 Å². The Kier molecular flexibility index (Phi) is 7.33. The maximum absolute atomic E-state index is 11.5. The molecule has 6 nitrogen and oxygen atoms in total. The number of aliphatic carboxylic acids is 1. The highest BCUT2D eigenvalue weighted by Crippen LogP contribution is 2.06. The molecule has 0 saturated carbocycles. The number of nitrogens with one attached hydrogen (secondary N) is 1. The summed E-state index contributed by atoms with van der Waals surface area (Å²) in [7, 11) is -3.60. The lowest BCUT2D eigenvalue weighted by Gasteiger charge is -2.16. The van der Waals surface area contributed by atoms with Crippen LogP contribution in [0, 0.1) is 5.92 Å². The molecule has 0 spiro atoms. The van der Waals surface area contributed by atoms with Crippen LogP contribution < -0.4 is 4.72 Å². The predicted octanol–water partition coefficient (Wildman–Crippen LogP) is 0.442. The van der Waals surface area contributed by atoms with Gasteiger partial charge in [-0.1, -0.05) is 13.8 Å². The Balaban J connectivity index is 4.37. The summed E-state index contributed by atoms with van der Waals surface area (Å²) >= 11 is 0. The molecule has 0 unspecified atom stereocenters. The largest absolute Gasteiger partial charge is 0.480 e. The molecule has 17 heavy (non-hydrogen) atoms. The maximum atomic E-state index is 11.5. The van der Waals surface area contributed by atoms with E-state index >= 15 is 0 Å². The summed E-state index contributed by atoms with van der Waals surface area (Å²) in [6.45, 7) is 5.94. The van der Waals surface area contributed by atoms with Crippen LogP contribution in [0.4, 0.5) is 0 Å². The molecule has 0 radical (unpaired) electrons. The molecule has 0 aliphatic heterocycles. The van der Waals surface area contributed by atoms with E-state index in [9.17, 15) is 13.2 Å². The normalized spacial score (nSPS) is 13.9. The Bertz CT molecular complexity index is 326. The van der Waals surface area contributed by atoms with Crippen molar-refractivity contribution in [3.63, 3.8) is 0 Å². The van der Waals surface area contributed by atoms with Gasteiger partial charge in [0.05, 0.1) is 12.4 Å². The SMILES string of the molecule is CCOCCS(=O)(=O)N[C@H](CC(C)C)C(=O)O. The monoisotopic (exact) mass is 267 g/mol. The molecule has 0 aromatic heterocycles. The summed E-state index contributed by atoms with van der Waals surface area (Å²) < 4.78 is 30.2. The smallest absolute Gasteiger partial charge is 0.321 e. The Morgan fingerprint density at radius 1 is 1.41 bits per heavy atom.